The summed E-state index contributed by atoms with van der Waals surface area (Å²) >= 11 is 0. The van der Waals surface area contributed by atoms with Gasteiger partial charge in [-0.25, -0.2) is 9.97 Å². The van der Waals surface area contributed by atoms with Gasteiger partial charge in [-0.15, -0.1) is 0 Å². The molecule has 118 valence electrons. The fraction of sp³-hybridized carbons (Fsp3) is 0.368. The molecule has 2 unspecified atom stereocenters. The monoisotopic (exact) mass is 307 g/mol. The van der Waals surface area contributed by atoms with Gasteiger partial charge >= 0.3 is 0 Å². The fourth-order valence-electron chi connectivity index (χ4n) is 3.53. The highest BCUT2D eigenvalue weighted by Crippen LogP contribution is 2.39. The topological polar surface area (TPSA) is 42.2 Å². The molecule has 0 bridgehead atoms. The Morgan fingerprint density at radius 1 is 1.22 bits per heavy atom. The summed E-state index contributed by atoms with van der Waals surface area (Å²) in [5, 5.41) is 1.12. The Balaban J connectivity index is 1.83. The van der Waals surface area contributed by atoms with E-state index in [1.54, 1.807) is 12.6 Å². The summed E-state index contributed by atoms with van der Waals surface area (Å²) in [4.78, 5) is 11.4. The van der Waals surface area contributed by atoms with E-state index in [9.17, 15) is 0 Å². The minimum atomic E-state index is 0.243. The Morgan fingerprint density at radius 3 is 2.96 bits per heavy atom. The molecule has 0 aliphatic carbocycles. The van der Waals surface area contributed by atoms with E-state index in [4.69, 9.17) is 4.42 Å². The summed E-state index contributed by atoms with van der Waals surface area (Å²) in [5.41, 5.74) is 2.23. The van der Waals surface area contributed by atoms with Gasteiger partial charge in [-0.1, -0.05) is 18.6 Å². The molecule has 0 radical (unpaired) electrons. The van der Waals surface area contributed by atoms with Gasteiger partial charge in [-0.05, 0) is 49.9 Å². The molecule has 1 aliphatic heterocycles. The van der Waals surface area contributed by atoms with Crippen LogP contribution in [0.2, 0.25) is 0 Å². The van der Waals surface area contributed by atoms with Crippen LogP contribution >= 0.6 is 0 Å². The minimum Gasteiger partial charge on any atom is -0.467 e. The molecule has 4 heteroatoms. The lowest BCUT2D eigenvalue weighted by Crippen LogP contribution is -2.36. The molecule has 3 heterocycles. The standard InChI is InChI=1S/C19H21N3O/c1-13-5-6-16-15(10-13)19(21-12-20-16)22-8-7-14(2)11-17(22)18-4-3-9-23-18/h3-6,9-10,12,14,17H,7-8,11H2,1-2H3. The average Bonchev–Trinajstić information content (AvgIpc) is 3.09. The van der Waals surface area contributed by atoms with Gasteiger partial charge in [0.15, 0.2) is 0 Å². The van der Waals surface area contributed by atoms with Crippen molar-refractivity contribution < 1.29 is 4.42 Å². The smallest absolute Gasteiger partial charge is 0.140 e. The van der Waals surface area contributed by atoms with Gasteiger partial charge in [0, 0.05) is 11.9 Å². The summed E-state index contributed by atoms with van der Waals surface area (Å²) in [6.45, 7) is 5.42. The van der Waals surface area contributed by atoms with E-state index in [0.29, 0.717) is 5.92 Å². The Bertz CT molecular complexity index is 813. The highest BCUT2D eigenvalue weighted by Gasteiger charge is 2.31. The van der Waals surface area contributed by atoms with Crippen LogP contribution in [0.4, 0.5) is 5.82 Å². The summed E-state index contributed by atoms with van der Waals surface area (Å²) < 4.78 is 5.72. The number of anilines is 1. The number of piperidine rings is 1. The van der Waals surface area contributed by atoms with E-state index in [2.05, 4.69) is 53.0 Å². The minimum absolute atomic E-state index is 0.243. The van der Waals surface area contributed by atoms with Crippen molar-refractivity contribution in [3.63, 3.8) is 0 Å². The number of aromatic nitrogens is 2. The average molecular weight is 307 g/mol. The SMILES string of the molecule is Cc1ccc2ncnc(N3CCC(C)CC3c3ccco3)c2c1. The highest BCUT2D eigenvalue weighted by atomic mass is 16.3. The zero-order valence-corrected chi connectivity index (χ0v) is 13.6. The van der Waals surface area contributed by atoms with Crippen LogP contribution in [-0.2, 0) is 0 Å². The molecule has 0 spiro atoms. The lowest BCUT2D eigenvalue weighted by Gasteiger charge is -2.38. The molecule has 4 rings (SSSR count). The van der Waals surface area contributed by atoms with Crippen LogP contribution in [0.3, 0.4) is 0 Å². The predicted octanol–water partition coefficient (Wildman–Crippen LogP) is 4.51. The second-order valence-electron chi connectivity index (χ2n) is 6.57. The third-order valence-corrected chi connectivity index (χ3v) is 4.78. The molecule has 0 saturated carbocycles. The number of rotatable bonds is 2. The van der Waals surface area contributed by atoms with Crippen LogP contribution in [-0.4, -0.2) is 16.5 Å². The van der Waals surface area contributed by atoms with Crippen molar-refractivity contribution in [1.29, 1.82) is 0 Å². The van der Waals surface area contributed by atoms with Crippen molar-refractivity contribution in [3.8, 4) is 0 Å². The highest BCUT2D eigenvalue weighted by molar-refractivity contribution is 5.90. The van der Waals surface area contributed by atoms with Crippen LogP contribution < -0.4 is 4.90 Å². The van der Waals surface area contributed by atoms with E-state index in [-0.39, 0.29) is 6.04 Å². The van der Waals surface area contributed by atoms with Crippen molar-refractivity contribution in [2.45, 2.75) is 32.7 Å². The number of fused-ring (bicyclic) bond motifs is 1. The van der Waals surface area contributed by atoms with E-state index in [0.717, 1.165) is 35.4 Å². The second kappa shape index (κ2) is 5.69. The van der Waals surface area contributed by atoms with Crippen LogP contribution in [0.1, 0.15) is 37.1 Å². The first-order valence-electron chi connectivity index (χ1n) is 8.24. The van der Waals surface area contributed by atoms with Gasteiger partial charge in [0.25, 0.3) is 0 Å². The lowest BCUT2D eigenvalue weighted by atomic mass is 9.91. The lowest BCUT2D eigenvalue weighted by molar-refractivity contribution is 0.327. The van der Waals surface area contributed by atoms with Crippen molar-refractivity contribution in [2.24, 2.45) is 5.92 Å². The molecule has 1 aromatic carbocycles. The Morgan fingerprint density at radius 2 is 2.13 bits per heavy atom. The van der Waals surface area contributed by atoms with Gasteiger partial charge in [-0.3, -0.25) is 0 Å². The van der Waals surface area contributed by atoms with Crippen molar-refractivity contribution in [1.82, 2.24) is 9.97 Å². The number of nitrogens with zero attached hydrogens (tertiary/aromatic N) is 3. The molecular weight excluding hydrogens is 286 g/mol. The first-order valence-corrected chi connectivity index (χ1v) is 8.24. The molecule has 1 saturated heterocycles. The number of hydrogen-bond donors (Lipinski definition) is 0. The third-order valence-electron chi connectivity index (χ3n) is 4.78. The Hall–Kier alpha value is -2.36. The third kappa shape index (κ3) is 2.58. The fourth-order valence-corrected chi connectivity index (χ4v) is 3.53. The molecule has 23 heavy (non-hydrogen) atoms. The molecule has 1 fully saturated rings. The summed E-state index contributed by atoms with van der Waals surface area (Å²) in [7, 11) is 0. The van der Waals surface area contributed by atoms with Crippen LogP contribution in [0.25, 0.3) is 10.9 Å². The summed E-state index contributed by atoms with van der Waals surface area (Å²) in [6.07, 6.45) is 5.69. The van der Waals surface area contributed by atoms with Gasteiger partial charge in [0.05, 0.1) is 17.8 Å². The number of benzene rings is 1. The molecular formula is C19H21N3O. The van der Waals surface area contributed by atoms with Crippen molar-refractivity contribution in [3.05, 3.63) is 54.2 Å². The molecule has 0 amide bonds. The maximum Gasteiger partial charge on any atom is 0.140 e. The molecule has 1 aliphatic rings. The zero-order valence-electron chi connectivity index (χ0n) is 13.6. The maximum absolute atomic E-state index is 5.72. The Labute approximate surface area is 136 Å². The van der Waals surface area contributed by atoms with Gasteiger partial charge in [0.1, 0.15) is 17.9 Å². The number of furan rings is 1. The number of hydrogen-bond acceptors (Lipinski definition) is 4. The Kier molecular flexibility index (Phi) is 3.52. The normalized spacial score (nSPS) is 21.7. The largest absolute Gasteiger partial charge is 0.467 e. The zero-order chi connectivity index (χ0) is 15.8. The van der Waals surface area contributed by atoms with E-state index >= 15 is 0 Å². The van der Waals surface area contributed by atoms with Gasteiger partial charge < -0.3 is 9.32 Å². The van der Waals surface area contributed by atoms with E-state index in [1.165, 1.54) is 12.0 Å². The van der Waals surface area contributed by atoms with E-state index in [1.807, 2.05) is 6.07 Å². The van der Waals surface area contributed by atoms with Crippen molar-refractivity contribution >= 4 is 16.7 Å². The summed E-state index contributed by atoms with van der Waals surface area (Å²) in [5.74, 6) is 2.74. The maximum atomic E-state index is 5.72. The molecule has 4 nitrogen and oxygen atoms in total. The van der Waals surface area contributed by atoms with Gasteiger partial charge in [0.2, 0.25) is 0 Å². The quantitative estimate of drug-likeness (QED) is 0.698. The molecule has 2 atom stereocenters. The van der Waals surface area contributed by atoms with Crippen LogP contribution in [0, 0.1) is 12.8 Å². The predicted molar refractivity (Wildman–Crippen MR) is 91.5 cm³/mol. The number of aryl methyl sites for hydroxylation is 1. The molecule has 0 N–H and O–H groups in total. The molecule has 3 aromatic rings. The second-order valence-corrected chi connectivity index (χ2v) is 6.57. The first kappa shape index (κ1) is 14.2. The van der Waals surface area contributed by atoms with Crippen LogP contribution in [0.15, 0.2) is 47.3 Å². The van der Waals surface area contributed by atoms with Crippen LogP contribution in [0.5, 0.6) is 0 Å². The summed E-state index contributed by atoms with van der Waals surface area (Å²) in [6, 6.07) is 10.6. The van der Waals surface area contributed by atoms with Crippen molar-refractivity contribution in [2.75, 3.05) is 11.4 Å². The first-order chi connectivity index (χ1) is 11.2. The van der Waals surface area contributed by atoms with Gasteiger partial charge in [-0.2, -0.15) is 0 Å². The molecule has 2 aromatic heterocycles. The van der Waals surface area contributed by atoms with E-state index < -0.39 is 0 Å².